The Morgan fingerprint density at radius 2 is 1.86 bits per heavy atom. The molecule has 1 fully saturated rings. The normalized spacial score (nSPS) is 14.6. The minimum absolute atomic E-state index is 0.108. The number of morpholine rings is 1. The van der Waals surface area contributed by atoms with Gasteiger partial charge in [0.05, 0.1) is 30.2 Å². The lowest BCUT2D eigenvalue weighted by Gasteiger charge is -2.31. The van der Waals surface area contributed by atoms with Crippen LogP contribution in [0.3, 0.4) is 0 Å². The Balaban J connectivity index is 1.77. The molecule has 0 unspecified atom stereocenters. The van der Waals surface area contributed by atoms with E-state index in [-0.39, 0.29) is 12.3 Å². The number of hydrogen-bond acceptors (Lipinski definition) is 4. The van der Waals surface area contributed by atoms with Gasteiger partial charge in [-0.15, -0.1) is 0 Å². The number of carbonyl (C=O) groups excluding carboxylic acids is 1. The highest BCUT2D eigenvalue weighted by Gasteiger charge is 2.32. The third-order valence-corrected chi connectivity index (χ3v) is 4.65. The molecular weight excluding hydrogens is 385 g/mol. The molecule has 0 aliphatic carbocycles. The van der Waals surface area contributed by atoms with Crippen molar-refractivity contribution in [3.8, 4) is 5.75 Å². The number of rotatable bonds is 5. The predicted octanol–water partition coefficient (Wildman–Crippen LogP) is 4.18. The molecule has 2 aromatic rings. The molecule has 1 heterocycles. The van der Waals surface area contributed by atoms with Crippen molar-refractivity contribution in [3.63, 3.8) is 0 Å². The lowest BCUT2D eigenvalue weighted by molar-refractivity contribution is -0.137. The maximum atomic E-state index is 13.2. The fourth-order valence-corrected chi connectivity index (χ4v) is 3.08. The highest BCUT2D eigenvalue weighted by Crippen LogP contribution is 2.35. The maximum absolute atomic E-state index is 13.2. The van der Waals surface area contributed by atoms with E-state index in [1.165, 1.54) is 6.07 Å². The molecule has 0 saturated carbocycles. The Labute approximate surface area is 167 Å². The first-order valence-electron chi connectivity index (χ1n) is 9.28. The SMILES string of the molecule is Cc1ccc(C)c(OCC(=O)Nc2cc(C(F)(F)F)ccc2N2CCOCC2)c1. The molecule has 0 aromatic heterocycles. The molecule has 1 saturated heterocycles. The molecule has 29 heavy (non-hydrogen) atoms. The van der Waals surface area contributed by atoms with Gasteiger partial charge in [-0.1, -0.05) is 12.1 Å². The van der Waals surface area contributed by atoms with Crippen LogP contribution in [-0.2, 0) is 15.7 Å². The molecule has 1 amide bonds. The van der Waals surface area contributed by atoms with E-state index in [4.69, 9.17) is 9.47 Å². The number of aryl methyl sites for hydroxylation is 2. The number of hydrogen-bond donors (Lipinski definition) is 1. The Morgan fingerprint density at radius 3 is 2.55 bits per heavy atom. The van der Waals surface area contributed by atoms with Gasteiger partial charge in [-0.25, -0.2) is 0 Å². The molecule has 5 nitrogen and oxygen atoms in total. The van der Waals surface area contributed by atoms with Gasteiger partial charge < -0.3 is 19.7 Å². The smallest absolute Gasteiger partial charge is 0.416 e. The lowest BCUT2D eigenvalue weighted by atomic mass is 10.1. The predicted molar refractivity (Wildman–Crippen MR) is 105 cm³/mol. The summed E-state index contributed by atoms with van der Waals surface area (Å²) >= 11 is 0. The molecule has 1 aliphatic rings. The summed E-state index contributed by atoms with van der Waals surface area (Å²) in [6.07, 6.45) is -4.50. The summed E-state index contributed by atoms with van der Waals surface area (Å²) < 4.78 is 50.3. The minimum Gasteiger partial charge on any atom is -0.483 e. The fraction of sp³-hybridized carbons (Fsp3) is 0.381. The van der Waals surface area contributed by atoms with E-state index in [0.717, 1.165) is 23.3 Å². The Kier molecular flexibility index (Phi) is 6.32. The van der Waals surface area contributed by atoms with Crippen molar-refractivity contribution in [2.24, 2.45) is 0 Å². The second kappa shape index (κ2) is 8.73. The Morgan fingerprint density at radius 1 is 1.14 bits per heavy atom. The van der Waals surface area contributed by atoms with Crippen LogP contribution in [0.2, 0.25) is 0 Å². The number of ether oxygens (including phenoxy) is 2. The van der Waals surface area contributed by atoms with Gasteiger partial charge in [-0.2, -0.15) is 13.2 Å². The van der Waals surface area contributed by atoms with Gasteiger partial charge in [0.1, 0.15) is 5.75 Å². The van der Waals surface area contributed by atoms with Crippen LogP contribution >= 0.6 is 0 Å². The maximum Gasteiger partial charge on any atom is 0.416 e. The van der Waals surface area contributed by atoms with E-state index in [2.05, 4.69) is 5.32 Å². The van der Waals surface area contributed by atoms with Crippen LogP contribution in [0.4, 0.5) is 24.5 Å². The molecule has 0 atom stereocenters. The van der Waals surface area contributed by atoms with E-state index in [1.807, 2.05) is 36.9 Å². The van der Waals surface area contributed by atoms with Crippen molar-refractivity contribution >= 4 is 17.3 Å². The van der Waals surface area contributed by atoms with Crippen LogP contribution in [0.5, 0.6) is 5.75 Å². The van der Waals surface area contributed by atoms with Crippen LogP contribution in [0, 0.1) is 13.8 Å². The summed E-state index contributed by atoms with van der Waals surface area (Å²) in [4.78, 5) is 14.3. The molecule has 0 spiro atoms. The number of carbonyl (C=O) groups is 1. The zero-order valence-electron chi connectivity index (χ0n) is 16.3. The van der Waals surface area contributed by atoms with Gasteiger partial charge in [0.25, 0.3) is 5.91 Å². The van der Waals surface area contributed by atoms with Crippen LogP contribution in [0.25, 0.3) is 0 Å². The number of nitrogens with zero attached hydrogens (tertiary/aromatic N) is 1. The van der Waals surface area contributed by atoms with E-state index in [0.29, 0.717) is 37.7 Å². The van der Waals surface area contributed by atoms with E-state index in [1.54, 1.807) is 0 Å². The molecule has 156 valence electrons. The van der Waals surface area contributed by atoms with Crippen LogP contribution in [0.15, 0.2) is 36.4 Å². The average Bonchev–Trinajstić information content (AvgIpc) is 2.68. The molecular formula is C21H23F3N2O3. The van der Waals surface area contributed by atoms with E-state index in [9.17, 15) is 18.0 Å². The summed E-state index contributed by atoms with van der Waals surface area (Å²) in [5.74, 6) is 0.0392. The zero-order valence-corrected chi connectivity index (χ0v) is 16.3. The zero-order chi connectivity index (χ0) is 21.0. The summed E-state index contributed by atoms with van der Waals surface area (Å²) in [6, 6.07) is 8.99. The van der Waals surface area contributed by atoms with Crippen molar-refractivity contribution < 1.29 is 27.4 Å². The van der Waals surface area contributed by atoms with Gasteiger partial charge in [-0.05, 0) is 49.2 Å². The third-order valence-electron chi connectivity index (χ3n) is 4.65. The molecule has 3 rings (SSSR count). The molecule has 1 N–H and O–H groups in total. The highest BCUT2D eigenvalue weighted by atomic mass is 19.4. The van der Waals surface area contributed by atoms with Gasteiger partial charge in [0.2, 0.25) is 0 Å². The van der Waals surface area contributed by atoms with Gasteiger partial charge >= 0.3 is 6.18 Å². The quantitative estimate of drug-likeness (QED) is 0.807. The first-order chi connectivity index (χ1) is 13.7. The third kappa shape index (κ3) is 5.41. The number of benzene rings is 2. The van der Waals surface area contributed by atoms with Crippen LogP contribution in [-0.4, -0.2) is 38.8 Å². The monoisotopic (exact) mass is 408 g/mol. The van der Waals surface area contributed by atoms with Gasteiger partial charge in [0.15, 0.2) is 6.61 Å². The van der Waals surface area contributed by atoms with Gasteiger partial charge in [0, 0.05) is 13.1 Å². The van der Waals surface area contributed by atoms with Crippen molar-refractivity contribution in [1.82, 2.24) is 0 Å². The molecule has 0 radical (unpaired) electrons. The first kappa shape index (κ1) is 21.0. The number of nitrogens with one attached hydrogen (secondary N) is 1. The molecule has 8 heteroatoms. The van der Waals surface area contributed by atoms with E-state index >= 15 is 0 Å². The van der Waals surface area contributed by atoms with Crippen molar-refractivity contribution in [2.45, 2.75) is 20.0 Å². The topological polar surface area (TPSA) is 50.8 Å². The Hall–Kier alpha value is -2.74. The fourth-order valence-electron chi connectivity index (χ4n) is 3.08. The van der Waals surface area contributed by atoms with Crippen molar-refractivity contribution in [3.05, 3.63) is 53.1 Å². The number of halogens is 3. The minimum atomic E-state index is -4.50. The summed E-state index contributed by atoms with van der Waals surface area (Å²) in [6.45, 7) is 5.48. The number of anilines is 2. The van der Waals surface area contributed by atoms with Crippen molar-refractivity contribution in [2.75, 3.05) is 43.1 Å². The first-order valence-corrected chi connectivity index (χ1v) is 9.28. The largest absolute Gasteiger partial charge is 0.483 e. The summed E-state index contributed by atoms with van der Waals surface area (Å²) in [5.41, 5.74) is 1.67. The number of alkyl halides is 3. The average molecular weight is 408 g/mol. The van der Waals surface area contributed by atoms with E-state index < -0.39 is 17.6 Å². The van der Waals surface area contributed by atoms with Crippen LogP contribution < -0.4 is 15.0 Å². The molecule has 2 aromatic carbocycles. The molecule has 0 bridgehead atoms. The second-order valence-corrected chi connectivity index (χ2v) is 6.93. The summed E-state index contributed by atoms with van der Waals surface area (Å²) in [7, 11) is 0. The Bertz CT molecular complexity index is 878. The standard InChI is InChI=1S/C21H23F3N2O3/c1-14-3-4-15(2)19(11-14)29-13-20(27)25-17-12-16(21(22,23)24)5-6-18(17)26-7-9-28-10-8-26/h3-6,11-12H,7-10,13H2,1-2H3,(H,25,27). The lowest BCUT2D eigenvalue weighted by Crippen LogP contribution is -2.37. The molecule has 1 aliphatic heterocycles. The number of amides is 1. The van der Waals surface area contributed by atoms with Gasteiger partial charge in [-0.3, -0.25) is 4.79 Å². The summed E-state index contributed by atoms with van der Waals surface area (Å²) in [5, 5.41) is 2.58. The van der Waals surface area contributed by atoms with Crippen LogP contribution in [0.1, 0.15) is 16.7 Å². The second-order valence-electron chi connectivity index (χ2n) is 6.93. The van der Waals surface area contributed by atoms with Crippen molar-refractivity contribution in [1.29, 1.82) is 0 Å². The highest BCUT2D eigenvalue weighted by molar-refractivity contribution is 5.95.